The van der Waals surface area contributed by atoms with Crippen LogP contribution in [0.25, 0.3) is 6.08 Å². The van der Waals surface area contributed by atoms with E-state index in [0.717, 1.165) is 18.4 Å². The summed E-state index contributed by atoms with van der Waals surface area (Å²) in [5.74, 6) is -0.597. The largest absolute Gasteiger partial charge is 0.492 e. The van der Waals surface area contributed by atoms with Gasteiger partial charge in [-0.1, -0.05) is 70.2 Å². The molecule has 0 saturated heterocycles. The summed E-state index contributed by atoms with van der Waals surface area (Å²) in [7, 11) is 0. The Morgan fingerprint density at radius 3 is 2.50 bits per heavy atom. The Hall–Kier alpha value is -2.68. The van der Waals surface area contributed by atoms with E-state index in [-0.39, 0.29) is 18.2 Å². The predicted octanol–water partition coefficient (Wildman–Crippen LogP) is 5.38. The zero-order valence-corrected chi connectivity index (χ0v) is 15.7. The Labute approximate surface area is 155 Å². The van der Waals surface area contributed by atoms with Crippen LogP contribution in [-0.4, -0.2) is 18.2 Å². The fourth-order valence-electron chi connectivity index (χ4n) is 2.95. The van der Waals surface area contributed by atoms with Crippen molar-refractivity contribution >= 4 is 17.6 Å². The fraction of sp³-hybridized carbons (Fsp3) is 0.304. The maximum atomic E-state index is 12.7. The summed E-state index contributed by atoms with van der Waals surface area (Å²) in [5, 5.41) is 0. The molecule has 0 aliphatic carbocycles. The van der Waals surface area contributed by atoms with E-state index < -0.39 is 5.92 Å². The Morgan fingerprint density at radius 1 is 1.19 bits per heavy atom. The van der Waals surface area contributed by atoms with Gasteiger partial charge in [0.15, 0.2) is 11.6 Å². The number of ketones is 2. The molecule has 3 heteroatoms. The first-order valence-electron chi connectivity index (χ1n) is 9.20. The molecule has 3 rings (SSSR count). The minimum Gasteiger partial charge on any atom is -0.492 e. The molecule has 2 aromatic carbocycles. The van der Waals surface area contributed by atoms with Crippen LogP contribution in [0.2, 0.25) is 0 Å². The van der Waals surface area contributed by atoms with Crippen LogP contribution in [-0.2, 0) is 6.42 Å². The number of Topliss-reactive ketones (excluding diaryl/α,β-unsaturated/α-hetero) is 2. The van der Waals surface area contributed by atoms with Gasteiger partial charge in [0.25, 0.3) is 0 Å². The van der Waals surface area contributed by atoms with Crippen molar-refractivity contribution in [2.24, 2.45) is 5.92 Å². The van der Waals surface area contributed by atoms with Crippen LogP contribution in [0.4, 0.5) is 0 Å². The van der Waals surface area contributed by atoms with E-state index >= 15 is 0 Å². The number of hydrogen-bond donors (Lipinski definition) is 0. The average molecular weight is 350 g/mol. The monoisotopic (exact) mass is 350 g/mol. The molecule has 1 unspecified atom stereocenters. The molecule has 2 aromatic rings. The van der Waals surface area contributed by atoms with Gasteiger partial charge in [0.2, 0.25) is 0 Å². The van der Waals surface area contributed by atoms with Crippen LogP contribution in [0.15, 0.2) is 49.0 Å². The lowest BCUT2D eigenvalue weighted by Crippen LogP contribution is -2.34. The Kier molecular flexibility index (Phi) is 6.90. The van der Waals surface area contributed by atoms with Crippen molar-refractivity contribution in [3.63, 3.8) is 0 Å². The van der Waals surface area contributed by atoms with Crippen molar-refractivity contribution < 1.29 is 14.3 Å². The second-order valence-corrected chi connectivity index (χ2v) is 6.00. The lowest BCUT2D eigenvalue weighted by atomic mass is 9.88. The SMILES string of the molecule is C=Cc1ccc2c(c1)OCC(C(=O)c1ccc(CCC)cc1)C2=O.CC. The number of hydrogen-bond acceptors (Lipinski definition) is 3. The highest BCUT2D eigenvalue weighted by molar-refractivity contribution is 6.17. The molecule has 0 bridgehead atoms. The van der Waals surface area contributed by atoms with Crippen LogP contribution in [0.1, 0.15) is 59.0 Å². The maximum Gasteiger partial charge on any atom is 0.180 e. The second-order valence-electron chi connectivity index (χ2n) is 6.00. The minimum atomic E-state index is -0.774. The molecule has 0 N–H and O–H groups in total. The van der Waals surface area contributed by atoms with Gasteiger partial charge in [-0.2, -0.15) is 0 Å². The zero-order valence-electron chi connectivity index (χ0n) is 15.7. The molecular formula is C23H26O3. The number of ether oxygens (including phenoxy) is 1. The first-order chi connectivity index (χ1) is 12.6. The molecule has 0 spiro atoms. The summed E-state index contributed by atoms with van der Waals surface area (Å²) in [6.07, 6.45) is 3.74. The van der Waals surface area contributed by atoms with Gasteiger partial charge < -0.3 is 4.74 Å². The summed E-state index contributed by atoms with van der Waals surface area (Å²) in [6.45, 7) is 9.91. The van der Waals surface area contributed by atoms with E-state index in [9.17, 15) is 9.59 Å². The molecule has 1 heterocycles. The molecule has 1 aliphatic rings. The third-order valence-electron chi connectivity index (χ3n) is 4.32. The Morgan fingerprint density at radius 2 is 1.88 bits per heavy atom. The van der Waals surface area contributed by atoms with Crippen LogP contribution in [0.5, 0.6) is 5.75 Å². The van der Waals surface area contributed by atoms with Gasteiger partial charge in [-0.05, 0) is 29.7 Å². The summed E-state index contributed by atoms with van der Waals surface area (Å²) in [5.41, 5.74) is 3.11. The minimum absolute atomic E-state index is 0.0853. The number of carbonyl (C=O) groups is 2. The summed E-state index contributed by atoms with van der Waals surface area (Å²) in [6, 6.07) is 12.8. The van der Waals surface area contributed by atoms with Crippen molar-refractivity contribution in [2.45, 2.75) is 33.6 Å². The molecule has 1 atom stereocenters. The van der Waals surface area contributed by atoms with Gasteiger partial charge in [-0.25, -0.2) is 0 Å². The molecule has 136 valence electrons. The second kappa shape index (κ2) is 9.14. The molecular weight excluding hydrogens is 324 g/mol. The van der Waals surface area contributed by atoms with E-state index in [1.54, 1.807) is 36.4 Å². The van der Waals surface area contributed by atoms with Crippen molar-refractivity contribution in [1.82, 2.24) is 0 Å². The molecule has 0 amide bonds. The molecule has 0 aromatic heterocycles. The van der Waals surface area contributed by atoms with Gasteiger partial charge in [-0.3, -0.25) is 9.59 Å². The van der Waals surface area contributed by atoms with Gasteiger partial charge >= 0.3 is 0 Å². The average Bonchev–Trinajstić information content (AvgIpc) is 2.70. The normalized spacial score (nSPS) is 15.2. The van der Waals surface area contributed by atoms with E-state index in [4.69, 9.17) is 4.74 Å². The molecule has 1 aliphatic heterocycles. The number of fused-ring (bicyclic) bond motifs is 1. The van der Waals surface area contributed by atoms with Crippen molar-refractivity contribution in [3.05, 3.63) is 71.3 Å². The topological polar surface area (TPSA) is 43.4 Å². The van der Waals surface area contributed by atoms with Crippen molar-refractivity contribution in [1.29, 1.82) is 0 Å². The van der Waals surface area contributed by atoms with Gasteiger partial charge in [0.1, 0.15) is 18.3 Å². The molecule has 0 saturated carbocycles. The number of carbonyl (C=O) groups excluding carboxylic acids is 2. The quantitative estimate of drug-likeness (QED) is 0.537. The number of aryl methyl sites for hydroxylation is 1. The van der Waals surface area contributed by atoms with Crippen molar-refractivity contribution in [2.75, 3.05) is 6.61 Å². The highest BCUT2D eigenvalue weighted by Crippen LogP contribution is 2.30. The van der Waals surface area contributed by atoms with Crippen LogP contribution >= 0.6 is 0 Å². The molecule has 0 radical (unpaired) electrons. The smallest absolute Gasteiger partial charge is 0.180 e. The standard InChI is InChI=1S/C21H20O3.C2H6/c1-3-5-15-6-9-16(10-7-15)20(22)18-13-24-19-12-14(4-2)8-11-17(19)21(18)23;1-2/h4,6-12,18H,2-3,5,13H2,1H3;1-2H3. The highest BCUT2D eigenvalue weighted by Gasteiger charge is 2.34. The predicted molar refractivity (Wildman–Crippen MR) is 106 cm³/mol. The van der Waals surface area contributed by atoms with Gasteiger partial charge in [-0.15, -0.1) is 0 Å². The van der Waals surface area contributed by atoms with Crippen molar-refractivity contribution in [3.8, 4) is 5.75 Å². The third-order valence-corrected chi connectivity index (χ3v) is 4.32. The molecule has 26 heavy (non-hydrogen) atoms. The maximum absolute atomic E-state index is 12.7. The third kappa shape index (κ3) is 4.10. The summed E-state index contributed by atoms with van der Waals surface area (Å²) in [4.78, 5) is 25.4. The molecule has 0 fully saturated rings. The lowest BCUT2D eigenvalue weighted by Gasteiger charge is -2.23. The van der Waals surface area contributed by atoms with E-state index in [2.05, 4.69) is 13.5 Å². The number of rotatable bonds is 5. The van der Waals surface area contributed by atoms with Crippen LogP contribution < -0.4 is 4.74 Å². The lowest BCUT2D eigenvalue weighted by molar-refractivity contribution is 0.0723. The Bertz CT molecular complexity index is 788. The van der Waals surface area contributed by atoms with E-state index in [0.29, 0.717) is 16.9 Å². The van der Waals surface area contributed by atoms with Gasteiger partial charge in [0, 0.05) is 5.56 Å². The van der Waals surface area contributed by atoms with E-state index in [1.807, 2.05) is 26.0 Å². The molecule has 3 nitrogen and oxygen atoms in total. The van der Waals surface area contributed by atoms with Crippen LogP contribution in [0.3, 0.4) is 0 Å². The summed E-state index contributed by atoms with van der Waals surface area (Å²) >= 11 is 0. The van der Waals surface area contributed by atoms with E-state index in [1.165, 1.54) is 5.56 Å². The first-order valence-corrected chi connectivity index (χ1v) is 9.20. The number of benzene rings is 2. The van der Waals surface area contributed by atoms with Crippen LogP contribution in [0, 0.1) is 5.92 Å². The first kappa shape index (κ1) is 19.6. The fourth-order valence-corrected chi connectivity index (χ4v) is 2.95. The highest BCUT2D eigenvalue weighted by atomic mass is 16.5. The Balaban J connectivity index is 0.00000117. The summed E-state index contributed by atoms with van der Waals surface area (Å²) < 4.78 is 5.66. The van der Waals surface area contributed by atoms with Gasteiger partial charge in [0.05, 0.1) is 5.56 Å². The zero-order chi connectivity index (χ0) is 19.1.